The topological polar surface area (TPSA) is 55.1 Å². The molecular weight excluding hydrogens is 212 g/mol. The molecule has 0 aromatic heterocycles. The van der Waals surface area contributed by atoms with Crippen molar-refractivity contribution < 1.29 is 4.79 Å². The van der Waals surface area contributed by atoms with Crippen molar-refractivity contribution in [1.29, 1.82) is 0 Å². The van der Waals surface area contributed by atoms with Crippen LogP contribution in [0.3, 0.4) is 0 Å². The van der Waals surface area contributed by atoms with Crippen molar-refractivity contribution >= 4 is 11.6 Å². The summed E-state index contributed by atoms with van der Waals surface area (Å²) in [4.78, 5) is 11.3. The maximum absolute atomic E-state index is 11.3. The second-order valence-electron chi connectivity index (χ2n) is 5.46. The molecule has 0 fully saturated rings. The number of hydrogen-bond acceptors (Lipinski definition) is 2. The first-order chi connectivity index (χ1) is 7.94. The highest BCUT2D eigenvalue weighted by Crippen LogP contribution is 2.36. The van der Waals surface area contributed by atoms with Crippen LogP contribution in [0.1, 0.15) is 44.4 Å². The van der Waals surface area contributed by atoms with Crippen molar-refractivity contribution in [3.63, 3.8) is 0 Å². The van der Waals surface area contributed by atoms with Crippen LogP contribution in [0.4, 0.5) is 5.69 Å². The normalized spacial score (nSPS) is 16.6. The lowest BCUT2D eigenvalue weighted by atomic mass is 9.78. The summed E-state index contributed by atoms with van der Waals surface area (Å²) in [7, 11) is 0. The molecule has 3 nitrogen and oxygen atoms in total. The summed E-state index contributed by atoms with van der Waals surface area (Å²) in [5, 5.41) is 2.84. The van der Waals surface area contributed by atoms with Crippen molar-refractivity contribution in [3.05, 3.63) is 29.3 Å². The summed E-state index contributed by atoms with van der Waals surface area (Å²) in [6.07, 6.45) is 1.50. The Kier molecular flexibility index (Phi) is 2.96. The van der Waals surface area contributed by atoms with Gasteiger partial charge in [0.1, 0.15) is 0 Å². The van der Waals surface area contributed by atoms with Gasteiger partial charge in [-0.25, -0.2) is 0 Å². The van der Waals surface area contributed by atoms with E-state index in [4.69, 9.17) is 5.73 Å². The van der Waals surface area contributed by atoms with Gasteiger partial charge in [-0.15, -0.1) is 0 Å². The minimum atomic E-state index is 0.00787. The van der Waals surface area contributed by atoms with E-state index in [2.05, 4.69) is 32.2 Å². The van der Waals surface area contributed by atoms with Crippen LogP contribution in [-0.4, -0.2) is 5.91 Å². The minimum absolute atomic E-state index is 0.00787. The predicted molar refractivity (Wildman–Crippen MR) is 69.8 cm³/mol. The molecule has 0 radical (unpaired) electrons. The van der Waals surface area contributed by atoms with Crippen LogP contribution >= 0.6 is 0 Å². The second-order valence-corrected chi connectivity index (χ2v) is 5.46. The van der Waals surface area contributed by atoms with Gasteiger partial charge in [-0.05, 0) is 29.0 Å². The second kappa shape index (κ2) is 4.15. The number of nitrogens with one attached hydrogen (secondary N) is 1. The van der Waals surface area contributed by atoms with Crippen LogP contribution in [-0.2, 0) is 11.2 Å². The number of amides is 1. The fourth-order valence-electron chi connectivity index (χ4n) is 2.11. The van der Waals surface area contributed by atoms with E-state index in [0.717, 1.165) is 23.2 Å². The molecule has 17 heavy (non-hydrogen) atoms. The number of hydrogen-bond donors (Lipinski definition) is 2. The molecule has 1 aromatic carbocycles. The van der Waals surface area contributed by atoms with Crippen molar-refractivity contribution in [2.45, 2.75) is 39.7 Å². The van der Waals surface area contributed by atoms with Crippen LogP contribution in [0.5, 0.6) is 0 Å². The lowest BCUT2D eigenvalue weighted by Gasteiger charge is -2.31. The molecule has 1 aromatic rings. The van der Waals surface area contributed by atoms with E-state index in [1.165, 1.54) is 0 Å². The maximum atomic E-state index is 11.3. The largest absolute Gasteiger partial charge is 0.326 e. The van der Waals surface area contributed by atoms with Gasteiger partial charge in [0.25, 0.3) is 0 Å². The Bertz CT molecular complexity index is 452. The number of carbonyl (C=O) groups excluding carboxylic acids is 1. The fourth-order valence-corrected chi connectivity index (χ4v) is 2.11. The first kappa shape index (κ1) is 12.1. The maximum Gasteiger partial charge on any atom is 0.228 e. The van der Waals surface area contributed by atoms with Crippen LogP contribution in [0, 0.1) is 5.41 Å². The van der Waals surface area contributed by atoms with E-state index >= 15 is 0 Å². The molecular formula is C14H20N2O. The quantitative estimate of drug-likeness (QED) is 0.841. The summed E-state index contributed by atoms with van der Waals surface area (Å²) in [6.45, 7) is 6.50. The Hall–Kier alpha value is -1.35. The molecule has 1 aliphatic heterocycles. The number of carbonyl (C=O) groups is 1. The third-order valence-electron chi connectivity index (χ3n) is 3.87. The van der Waals surface area contributed by atoms with Crippen LogP contribution in [0.15, 0.2) is 18.2 Å². The fraction of sp³-hybridized carbons (Fsp3) is 0.500. The average molecular weight is 232 g/mol. The molecule has 1 amide bonds. The third-order valence-corrected chi connectivity index (χ3v) is 3.87. The SMILES string of the molecule is CCC(C)(C)C(N)c1ccc2c(c1)CC(=O)N2. The molecule has 1 heterocycles. The number of nitrogens with two attached hydrogens (primary N) is 1. The number of anilines is 1. The first-order valence-electron chi connectivity index (χ1n) is 6.12. The Balaban J connectivity index is 2.30. The Morgan fingerprint density at radius 1 is 1.47 bits per heavy atom. The zero-order valence-electron chi connectivity index (χ0n) is 10.7. The standard InChI is InChI=1S/C14H20N2O/c1-4-14(2,3)13(15)9-5-6-11-10(7-9)8-12(17)16-11/h5-7,13H,4,8,15H2,1-3H3,(H,16,17). The van der Waals surface area contributed by atoms with Gasteiger partial charge in [0.2, 0.25) is 5.91 Å². The molecule has 0 aliphatic carbocycles. The van der Waals surface area contributed by atoms with E-state index in [0.29, 0.717) is 6.42 Å². The monoisotopic (exact) mass is 232 g/mol. The molecule has 1 aliphatic rings. The van der Waals surface area contributed by atoms with E-state index < -0.39 is 0 Å². The van der Waals surface area contributed by atoms with Gasteiger partial charge >= 0.3 is 0 Å². The summed E-state index contributed by atoms with van der Waals surface area (Å²) in [6, 6.07) is 6.05. The van der Waals surface area contributed by atoms with Gasteiger partial charge in [0.05, 0.1) is 6.42 Å². The van der Waals surface area contributed by atoms with Crippen LogP contribution in [0.2, 0.25) is 0 Å². The van der Waals surface area contributed by atoms with Crippen molar-refractivity contribution in [3.8, 4) is 0 Å². The van der Waals surface area contributed by atoms with E-state index in [9.17, 15) is 4.79 Å². The first-order valence-corrected chi connectivity index (χ1v) is 6.12. The van der Waals surface area contributed by atoms with Crippen molar-refractivity contribution in [2.75, 3.05) is 5.32 Å². The van der Waals surface area contributed by atoms with Gasteiger partial charge in [-0.3, -0.25) is 4.79 Å². The van der Waals surface area contributed by atoms with Gasteiger partial charge in [-0.2, -0.15) is 0 Å². The van der Waals surface area contributed by atoms with E-state index in [1.807, 2.05) is 12.1 Å². The van der Waals surface area contributed by atoms with Gasteiger partial charge in [0, 0.05) is 11.7 Å². The van der Waals surface area contributed by atoms with Crippen molar-refractivity contribution in [1.82, 2.24) is 0 Å². The summed E-state index contributed by atoms with van der Waals surface area (Å²) in [5.74, 6) is 0.0699. The molecule has 0 bridgehead atoms. The molecule has 0 spiro atoms. The molecule has 2 rings (SSSR count). The Morgan fingerprint density at radius 2 is 2.18 bits per heavy atom. The van der Waals surface area contributed by atoms with Crippen LogP contribution < -0.4 is 11.1 Å². The number of fused-ring (bicyclic) bond motifs is 1. The molecule has 0 saturated heterocycles. The third kappa shape index (κ3) is 2.20. The lowest BCUT2D eigenvalue weighted by Crippen LogP contribution is -2.28. The zero-order valence-corrected chi connectivity index (χ0v) is 10.7. The Morgan fingerprint density at radius 3 is 2.82 bits per heavy atom. The summed E-state index contributed by atoms with van der Waals surface area (Å²) >= 11 is 0. The van der Waals surface area contributed by atoms with Crippen molar-refractivity contribution in [2.24, 2.45) is 11.1 Å². The van der Waals surface area contributed by atoms with Gasteiger partial charge < -0.3 is 11.1 Å². The predicted octanol–water partition coefficient (Wildman–Crippen LogP) is 2.62. The number of rotatable bonds is 3. The van der Waals surface area contributed by atoms with E-state index in [-0.39, 0.29) is 17.4 Å². The molecule has 0 saturated carbocycles. The highest BCUT2D eigenvalue weighted by molar-refractivity contribution is 5.99. The highest BCUT2D eigenvalue weighted by Gasteiger charge is 2.27. The van der Waals surface area contributed by atoms with E-state index in [1.54, 1.807) is 0 Å². The molecule has 1 unspecified atom stereocenters. The highest BCUT2D eigenvalue weighted by atomic mass is 16.1. The lowest BCUT2D eigenvalue weighted by molar-refractivity contribution is -0.115. The summed E-state index contributed by atoms with van der Waals surface area (Å²) in [5.41, 5.74) is 9.49. The average Bonchev–Trinajstić information content (AvgIpc) is 2.66. The van der Waals surface area contributed by atoms with Crippen LogP contribution in [0.25, 0.3) is 0 Å². The molecule has 3 N–H and O–H groups in total. The zero-order chi connectivity index (χ0) is 12.6. The molecule has 3 heteroatoms. The van der Waals surface area contributed by atoms with Gasteiger partial charge in [0.15, 0.2) is 0 Å². The van der Waals surface area contributed by atoms with Gasteiger partial charge in [-0.1, -0.05) is 32.9 Å². The molecule has 92 valence electrons. The smallest absolute Gasteiger partial charge is 0.228 e. The molecule has 1 atom stereocenters. The summed E-state index contributed by atoms with van der Waals surface area (Å²) < 4.78 is 0. The Labute approximate surface area is 102 Å². The number of benzene rings is 1. The minimum Gasteiger partial charge on any atom is -0.326 e.